The first-order valence-electron chi connectivity index (χ1n) is 8.99. The Morgan fingerprint density at radius 2 is 1.84 bits per heavy atom. The van der Waals surface area contributed by atoms with Crippen molar-refractivity contribution in [2.75, 3.05) is 18.9 Å². The summed E-state index contributed by atoms with van der Waals surface area (Å²) < 4.78 is 11.4. The lowest BCUT2D eigenvalue weighted by Gasteiger charge is -2.14. The average molecular weight is 339 g/mol. The van der Waals surface area contributed by atoms with E-state index in [0.29, 0.717) is 6.61 Å². The number of rotatable bonds is 5. The van der Waals surface area contributed by atoms with Gasteiger partial charge < -0.3 is 15.2 Å². The molecule has 0 radical (unpaired) electrons. The number of hydrogen-bond donors (Lipinski definition) is 3. The second kappa shape index (κ2) is 7.44. The van der Waals surface area contributed by atoms with Gasteiger partial charge in [0.15, 0.2) is 0 Å². The second-order valence-corrected chi connectivity index (χ2v) is 6.77. The molecule has 4 N–H and O–H groups in total. The lowest BCUT2D eigenvalue weighted by atomic mass is 9.97. The Morgan fingerprint density at radius 1 is 1.04 bits per heavy atom. The number of nitrogens with two attached hydrogens (primary N) is 1. The third-order valence-electron chi connectivity index (χ3n) is 5.02. The van der Waals surface area contributed by atoms with E-state index in [0.717, 1.165) is 42.9 Å². The van der Waals surface area contributed by atoms with Gasteiger partial charge in [0.05, 0.1) is 12.1 Å². The Balaban J connectivity index is 1.35. The predicted octanol–water partition coefficient (Wildman–Crippen LogP) is 3.11. The number of ether oxygens (including phenoxy) is 2. The second-order valence-electron chi connectivity index (χ2n) is 6.77. The summed E-state index contributed by atoms with van der Waals surface area (Å²) in [7, 11) is 0. The minimum absolute atomic E-state index is 0.224. The first-order chi connectivity index (χ1) is 12.3. The highest BCUT2D eigenvalue weighted by atomic mass is 16.5. The Morgan fingerprint density at radius 3 is 2.60 bits per heavy atom. The molecule has 0 amide bonds. The summed E-state index contributed by atoms with van der Waals surface area (Å²) in [5.74, 6) is 0.897. The third-order valence-corrected chi connectivity index (χ3v) is 5.02. The van der Waals surface area contributed by atoms with E-state index in [1.165, 1.54) is 5.56 Å². The summed E-state index contributed by atoms with van der Waals surface area (Å²) in [6.45, 7) is 1.50. The van der Waals surface area contributed by atoms with Gasteiger partial charge in [0.1, 0.15) is 12.4 Å². The smallest absolute Gasteiger partial charge is 0.119 e. The molecule has 2 aromatic rings. The van der Waals surface area contributed by atoms with E-state index in [1.807, 2.05) is 30.3 Å². The maximum absolute atomic E-state index is 6.09. The van der Waals surface area contributed by atoms with Crippen molar-refractivity contribution in [1.82, 2.24) is 10.9 Å². The molecule has 0 saturated carbocycles. The van der Waals surface area contributed by atoms with E-state index >= 15 is 0 Å². The van der Waals surface area contributed by atoms with Crippen LogP contribution in [0.3, 0.4) is 0 Å². The van der Waals surface area contributed by atoms with Crippen molar-refractivity contribution in [1.29, 1.82) is 0 Å². The normalized spacial score (nSPS) is 26.0. The van der Waals surface area contributed by atoms with Gasteiger partial charge in [-0.25, -0.2) is 10.9 Å². The molecule has 5 nitrogen and oxygen atoms in total. The number of hydrazine groups is 1. The summed E-state index contributed by atoms with van der Waals surface area (Å²) >= 11 is 0. The van der Waals surface area contributed by atoms with Gasteiger partial charge in [-0.3, -0.25) is 0 Å². The molecular formula is C20H25N3O2. The predicted molar refractivity (Wildman–Crippen MR) is 98.1 cm³/mol. The van der Waals surface area contributed by atoms with Crippen LogP contribution in [0.1, 0.15) is 42.5 Å². The van der Waals surface area contributed by atoms with Crippen LogP contribution in [0.4, 0.5) is 5.69 Å². The molecule has 132 valence electrons. The average Bonchev–Trinajstić information content (AvgIpc) is 3.33. The van der Waals surface area contributed by atoms with Gasteiger partial charge in [0.25, 0.3) is 0 Å². The number of para-hydroxylation sites is 1. The Hall–Kier alpha value is -2.08. The van der Waals surface area contributed by atoms with Crippen LogP contribution in [-0.4, -0.2) is 19.3 Å². The summed E-state index contributed by atoms with van der Waals surface area (Å²) in [4.78, 5) is 0. The van der Waals surface area contributed by atoms with E-state index in [4.69, 9.17) is 15.2 Å². The van der Waals surface area contributed by atoms with Crippen molar-refractivity contribution in [3.8, 4) is 5.75 Å². The monoisotopic (exact) mass is 339 g/mol. The van der Waals surface area contributed by atoms with Crippen LogP contribution in [0.25, 0.3) is 0 Å². The number of anilines is 1. The number of nitrogens with one attached hydrogen (secondary N) is 2. The molecule has 4 rings (SSSR count). The van der Waals surface area contributed by atoms with E-state index in [2.05, 4.69) is 29.1 Å². The summed E-state index contributed by atoms with van der Waals surface area (Å²) in [5.41, 5.74) is 16.1. The molecule has 0 bridgehead atoms. The highest BCUT2D eigenvalue weighted by molar-refractivity contribution is 5.48. The highest BCUT2D eigenvalue weighted by Gasteiger charge is 2.27. The van der Waals surface area contributed by atoms with Gasteiger partial charge in [-0.05, 0) is 48.6 Å². The molecule has 2 saturated heterocycles. The largest absolute Gasteiger partial charge is 0.491 e. The van der Waals surface area contributed by atoms with E-state index in [-0.39, 0.29) is 18.2 Å². The minimum Gasteiger partial charge on any atom is -0.491 e. The molecule has 5 heteroatoms. The summed E-state index contributed by atoms with van der Waals surface area (Å²) in [6.07, 6.45) is 3.45. The van der Waals surface area contributed by atoms with Crippen LogP contribution in [0, 0.1) is 0 Å². The van der Waals surface area contributed by atoms with Crippen molar-refractivity contribution in [2.24, 2.45) is 0 Å². The van der Waals surface area contributed by atoms with Crippen molar-refractivity contribution in [3.63, 3.8) is 0 Å². The van der Waals surface area contributed by atoms with Gasteiger partial charge in [-0.2, -0.15) is 0 Å². The van der Waals surface area contributed by atoms with Crippen molar-refractivity contribution in [2.45, 2.75) is 37.5 Å². The van der Waals surface area contributed by atoms with Gasteiger partial charge in [-0.15, -0.1) is 0 Å². The number of hydrogen-bond acceptors (Lipinski definition) is 5. The number of nitrogen functional groups attached to an aromatic ring is 1. The van der Waals surface area contributed by atoms with E-state index in [1.54, 1.807) is 0 Å². The highest BCUT2D eigenvalue weighted by Crippen LogP contribution is 2.33. The van der Waals surface area contributed by atoms with Crippen molar-refractivity contribution >= 4 is 5.69 Å². The molecule has 0 aromatic heterocycles. The standard InChI is InChI=1S/C20H25N3O2/c21-18-6-2-1-5-17(18)20-12-19(22-23-20)14-7-9-15(10-8-14)25-13-16-4-3-11-24-16/h1-2,5-10,16,19-20,22-23H,3-4,11-13,21H2. The Labute approximate surface area is 148 Å². The van der Waals surface area contributed by atoms with Gasteiger partial charge >= 0.3 is 0 Å². The molecule has 0 spiro atoms. The summed E-state index contributed by atoms with van der Waals surface area (Å²) in [5, 5.41) is 0. The van der Waals surface area contributed by atoms with Crippen LogP contribution in [-0.2, 0) is 4.74 Å². The molecule has 3 unspecified atom stereocenters. The van der Waals surface area contributed by atoms with Crippen molar-refractivity contribution in [3.05, 3.63) is 59.7 Å². The Bertz CT molecular complexity index is 698. The maximum atomic E-state index is 6.09. The SMILES string of the molecule is Nc1ccccc1C1CC(c2ccc(OCC3CCCO3)cc2)NN1. The van der Waals surface area contributed by atoms with Crippen LogP contribution in [0.15, 0.2) is 48.5 Å². The molecule has 2 fully saturated rings. The number of benzene rings is 2. The van der Waals surface area contributed by atoms with Gasteiger partial charge in [0.2, 0.25) is 0 Å². The molecule has 2 aliphatic rings. The van der Waals surface area contributed by atoms with Crippen LogP contribution in [0.2, 0.25) is 0 Å². The molecule has 3 atom stereocenters. The quantitative estimate of drug-likeness (QED) is 0.730. The van der Waals surface area contributed by atoms with E-state index in [9.17, 15) is 0 Å². The molecule has 2 heterocycles. The van der Waals surface area contributed by atoms with Crippen LogP contribution in [0.5, 0.6) is 5.75 Å². The van der Waals surface area contributed by atoms with Gasteiger partial charge in [0, 0.05) is 18.3 Å². The Kier molecular flexibility index (Phi) is 4.88. The molecular weight excluding hydrogens is 314 g/mol. The van der Waals surface area contributed by atoms with E-state index < -0.39 is 0 Å². The fourth-order valence-electron chi connectivity index (χ4n) is 3.57. The first-order valence-corrected chi connectivity index (χ1v) is 8.99. The molecule has 0 aliphatic carbocycles. The van der Waals surface area contributed by atoms with Crippen molar-refractivity contribution < 1.29 is 9.47 Å². The minimum atomic E-state index is 0.224. The fourth-order valence-corrected chi connectivity index (χ4v) is 3.57. The first kappa shape index (κ1) is 16.4. The van der Waals surface area contributed by atoms with Gasteiger partial charge in [-0.1, -0.05) is 30.3 Å². The third kappa shape index (κ3) is 3.79. The zero-order valence-electron chi connectivity index (χ0n) is 14.3. The molecule has 25 heavy (non-hydrogen) atoms. The lowest BCUT2D eigenvalue weighted by Crippen LogP contribution is -2.27. The molecule has 2 aromatic carbocycles. The fraction of sp³-hybridized carbons (Fsp3) is 0.400. The lowest BCUT2D eigenvalue weighted by molar-refractivity contribution is 0.0679. The van der Waals surface area contributed by atoms with Crippen LogP contribution >= 0.6 is 0 Å². The zero-order valence-corrected chi connectivity index (χ0v) is 14.3. The maximum Gasteiger partial charge on any atom is 0.119 e. The van der Waals surface area contributed by atoms with Crippen LogP contribution < -0.4 is 21.3 Å². The molecule has 2 aliphatic heterocycles. The zero-order chi connectivity index (χ0) is 17.1. The summed E-state index contributed by atoms with van der Waals surface area (Å²) in [6, 6.07) is 16.8. The topological polar surface area (TPSA) is 68.5 Å².